The van der Waals surface area contributed by atoms with Gasteiger partial charge in [0.2, 0.25) is 0 Å². The molecule has 1 aromatic heterocycles. The molecule has 0 bridgehead atoms. The summed E-state index contributed by atoms with van der Waals surface area (Å²) in [5, 5.41) is 0. The Kier molecular flexibility index (Phi) is 5.38. The number of carbonyl (C=O) groups is 1. The molecule has 0 atom stereocenters. The maximum atomic E-state index is 12.4. The molecule has 24 heavy (non-hydrogen) atoms. The number of benzene rings is 1. The summed E-state index contributed by atoms with van der Waals surface area (Å²) in [5.74, 6) is 4.77. The Hall–Kier alpha value is -3.07. The molecule has 1 heterocycles. The number of aryl methyl sites for hydroxylation is 1. The average Bonchev–Trinajstić information content (AvgIpc) is 2.60. The second kappa shape index (κ2) is 7.47. The van der Waals surface area contributed by atoms with E-state index in [0.717, 1.165) is 4.57 Å². The first-order chi connectivity index (χ1) is 11.5. The lowest BCUT2D eigenvalue weighted by atomic mass is 10.2. The van der Waals surface area contributed by atoms with Crippen molar-refractivity contribution in [3.8, 4) is 11.8 Å². The van der Waals surface area contributed by atoms with Crippen molar-refractivity contribution in [2.24, 2.45) is 0 Å². The maximum absolute atomic E-state index is 12.4. The van der Waals surface area contributed by atoms with Crippen molar-refractivity contribution in [3.05, 3.63) is 62.9 Å². The van der Waals surface area contributed by atoms with Gasteiger partial charge in [0.25, 0.3) is 5.56 Å². The summed E-state index contributed by atoms with van der Waals surface area (Å²) in [5.41, 5.74) is -0.0380. The van der Waals surface area contributed by atoms with Gasteiger partial charge in [-0.1, -0.05) is 24.1 Å². The molecule has 0 saturated carbocycles. The summed E-state index contributed by atoms with van der Waals surface area (Å²) >= 11 is 0. The third-order valence-electron chi connectivity index (χ3n) is 3.63. The van der Waals surface area contributed by atoms with E-state index in [-0.39, 0.29) is 17.9 Å². The number of nitrogens with zero attached hydrogens (tertiary/aromatic N) is 3. The van der Waals surface area contributed by atoms with Gasteiger partial charge < -0.3 is 0 Å². The second-order valence-corrected chi connectivity index (χ2v) is 5.11. The van der Waals surface area contributed by atoms with E-state index in [9.17, 15) is 14.4 Å². The molecule has 1 aromatic carbocycles. The predicted octanol–water partition coefficient (Wildman–Crippen LogP) is 1.06. The number of aromatic nitrogens is 2. The standard InChI is InChI=1S/C18H19N3O3/c1-4-20-13-15(17(23)21(5-2)18(20)24)19(3)16(22)12-11-14-9-7-6-8-10-14/h6-10,13H,4-5H2,1-3H3. The molecule has 0 fully saturated rings. The van der Waals surface area contributed by atoms with Crippen LogP contribution in [0.3, 0.4) is 0 Å². The highest BCUT2D eigenvalue weighted by Crippen LogP contribution is 2.04. The molecule has 2 aromatic rings. The van der Waals surface area contributed by atoms with Crippen molar-refractivity contribution in [1.82, 2.24) is 9.13 Å². The fraction of sp³-hybridized carbons (Fsp3) is 0.278. The summed E-state index contributed by atoms with van der Waals surface area (Å²) < 4.78 is 2.50. The van der Waals surface area contributed by atoms with Crippen LogP contribution in [0.1, 0.15) is 19.4 Å². The summed E-state index contributed by atoms with van der Waals surface area (Å²) in [6.45, 7) is 4.16. The quantitative estimate of drug-likeness (QED) is 0.793. The molecule has 0 saturated heterocycles. The van der Waals surface area contributed by atoms with E-state index in [4.69, 9.17) is 0 Å². The highest BCUT2D eigenvalue weighted by Gasteiger charge is 2.17. The number of rotatable bonds is 3. The van der Waals surface area contributed by atoms with Crippen LogP contribution in [0, 0.1) is 11.8 Å². The first-order valence-corrected chi connectivity index (χ1v) is 7.68. The molecule has 2 rings (SSSR count). The summed E-state index contributed by atoms with van der Waals surface area (Å²) in [4.78, 5) is 38.0. The van der Waals surface area contributed by atoms with Crippen LogP contribution >= 0.6 is 0 Å². The number of carbonyl (C=O) groups excluding carboxylic acids is 1. The van der Waals surface area contributed by atoms with Gasteiger partial charge in [-0.2, -0.15) is 0 Å². The van der Waals surface area contributed by atoms with Gasteiger partial charge in [-0.05, 0) is 26.0 Å². The first kappa shape index (κ1) is 17.3. The molecule has 0 aliphatic rings. The van der Waals surface area contributed by atoms with E-state index in [2.05, 4.69) is 11.8 Å². The Morgan fingerprint density at radius 1 is 1.12 bits per heavy atom. The third kappa shape index (κ3) is 3.46. The van der Waals surface area contributed by atoms with E-state index in [1.807, 2.05) is 18.2 Å². The third-order valence-corrected chi connectivity index (χ3v) is 3.63. The summed E-state index contributed by atoms with van der Waals surface area (Å²) in [6, 6.07) is 9.11. The summed E-state index contributed by atoms with van der Waals surface area (Å²) in [7, 11) is 1.48. The van der Waals surface area contributed by atoms with E-state index in [1.165, 1.54) is 22.7 Å². The highest BCUT2D eigenvalue weighted by molar-refractivity contribution is 6.05. The minimum absolute atomic E-state index is 0.130. The van der Waals surface area contributed by atoms with Crippen molar-refractivity contribution < 1.29 is 4.79 Å². The van der Waals surface area contributed by atoms with Gasteiger partial charge in [-0.3, -0.25) is 23.6 Å². The second-order valence-electron chi connectivity index (χ2n) is 5.11. The molecule has 0 aliphatic carbocycles. The topological polar surface area (TPSA) is 64.3 Å². The molecule has 6 nitrogen and oxygen atoms in total. The molecular weight excluding hydrogens is 306 g/mol. The molecule has 0 aliphatic heterocycles. The van der Waals surface area contributed by atoms with Gasteiger partial charge in [0, 0.05) is 37.8 Å². The molecule has 0 radical (unpaired) electrons. The molecular formula is C18H19N3O3. The van der Waals surface area contributed by atoms with Gasteiger partial charge in [0.1, 0.15) is 5.69 Å². The van der Waals surface area contributed by atoms with Gasteiger partial charge in [0.05, 0.1) is 0 Å². The molecule has 124 valence electrons. The Bertz CT molecular complexity index is 914. The fourth-order valence-electron chi connectivity index (χ4n) is 2.21. The van der Waals surface area contributed by atoms with Crippen LogP contribution in [0.15, 0.2) is 46.1 Å². The number of hydrogen-bond donors (Lipinski definition) is 0. The molecule has 0 spiro atoms. The Balaban J connectivity index is 2.41. The van der Waals surface area contributed by atoms with Crippen molar-refractivity contribution >= 4 is 11.6 Å². The Labute approximate surface area is 140 Å². The maximum Gasteiger partial charge on any atom is 0.331 e. The lowest BCUT2D eigenvalue weighted by Crippen LogP contribution is -2.43. The minimum atomic E-state index is -0.514. The Morgan fingerprint density at radius 2 is 1.79 bits per heavy atom. The fourth-order valence-corrected chi connectivity index (χ4v) is 2.21. The van der Waals surface area contributed by atoms with Crippen molar-refractivity contribution in [2.75, 3.05) is 11.9 Å². The molecule has 0 N–H and O–H groups in total. The largest absolute Gasteiger partial charge is 0.331 e. The van der Waals surface area contributed by atoms with Crippen LogP contribution < -0.4 is 16.1 Å². The SMILES string of the molecule is CCn1cc(N(C)C(=O)C#Cc2ccccc2)c(=O)n(CC)c1=O. The number of amides is 1. The Morgan fingerprint density at radius 3 is 2.38 bits per heavy atom. The van der Waals surface area contributed by atoms with Crippen molar-refractivity contribution in [3.63, 3.8) is 0 Å². The zero-order chi connectivity index (χ0) is 17.7. The molecule has 0 unspecified atom stereocenters. The first-order valence-electron chi connectivity index (χ1n) is 7.68. The number of anilines is 1. The summed E-state index contributed by atoms with van der Waals surface area (Å²) in [6.07, 6.45) is 1.40. The zero-order valence-electron chi connectivity index (χ0n) is 13.9. The van der Waals surface area contributed by atoms with Crippen LogP contribution in [-0.4, -0.2) is 22.1 Å². The smallest absolute Gasteiger partial charge is 0.299 e. The average molecular weight is 325 g/mol. The van der Waals surface area contributed by atoms with E-state index >= 15 is 0 Å². The minimum Gasteiger partial charge on any atom is -0.299 e. The zero-order valence-corrected chi connectivity index (χ0v) is 13.9. The lowest BCUT2D eigenvalue weighted by Gasteiger charge is -2.16. The van der Waals surface area contributed by atoms with Crippen LogP contribution in [-0.2, 0) is 17.9 Å². The van der Waals surface area contributed by atoms with Crippen LogP contribution in [0.25, 0.3) is 0 Å². The van der Waals surface area contributed by atoms with Gasteiger partial charge >= 0.3 is 11.6 Å². The van der Waals surface area contributed by atoms with E-state index in [1.54, 1.807) is 26.0 Å². The predicted molar refractivity (Wildman–Crippen MR) is 93.0 cm³/mol. The van der Waals surface area contributed by atoms with Gasteiger partial charge in [-0.15, -0.1) is 0 Å². The molecule has 6 heteroatoms. The van der Waals surface area contributed by atoms with Gasteiger partial charge in [-0.25, -0.2) is 4.79 Å². The highest BCUT2D eigenvalue weighted by atomic mass is 16.2. The van der Waals surface area contributed by atoms with Crippen LogP contribution in [0.4, 0.5) is 5.69 Å². The lowest BCUT2D eigenvalue weighted by molar-refractivity contribution is -0.113. The van der Waals surface area contributed by atoms with Crippen LogP contribution in [0.2, 0.25) is 0 Å². The van der Waals surface area contributed by atoms with E-state index < -0.39 is 11.5 Å². The van der Waals surface area contributed by atoms with Crippen molar-refractivity contribution in [2.45, 2.75) is 26.9 Å². The number of hydrogen-bond acceptors (Lipinski definition) is 3. The van der Waals surface area contributed by atoms with E-state index in [0.29, 0.717) is 12.1 Å². The van der Waals surface area contributed by atoms with Crippen molar-refractivity contribution in [1.29, 1.82) is 0 Å². The normalized spacial score (nSPS) is 9.96. The monoisotopic (exact) mass is 325 g/mol. The van der Waals surface area contributed by atoms with Crippen LogP contribution in [0.5, 0.6) is 0 Å². The molecule has 1 amide bonds. The van der Waals surface area contributed by atoms with Gasteiger partial charge in [0.15, 0.2) is 0 Å².